The summed E-state index contributed by atoms with van der Waals surface area (Å²) in [5, 5.41) is 10.7. The third kappa shape index (κ3) is 5.63. The predicted molar refractivity (Wildman–Crippen MR) is 111 cm³/mol. The number of sulfone groups is 1. The molecule has 0 amide bonds. The van der Waals surface area contributed by atoms with E-state index in [0.717, 1.165) is 24.1 Å². The van der Waals surface area contributed by atoms with E-state index in [-0.39, 0.29) is 30.1 Å². The maximum absolute atomic E-state index is 11.4. The summed E-state index contributed by atoms with van der Waals surface area (Å²) in [6.45, 7) is 7.68. The molecule has 0 spiro atoms. The molecular weight excluding hydrogens is 394 g/mol. The van der Waals surface area contributed by atoms with E-state index in [0.29, 0.717) is 24.5 Å². The first-order valence-electron chi connectivity index (χ1n) is 10.1. The van der Waals surface area contributed by atoms with Crippen molar-refractivity contribution in [2.24, 2.45) is 0 Å². The van der Waals surface area contributed by atoms with Crippen LogP contribution in [0.2, 0.25) is 0 Å². The van der Waals surface area contributed by atoms with Gasteiger partial charge in [0, 0.05) is 25.4 Å². The molecular formula is C21H33NO6S. The molecule has 2 heterocycles. The van der Waals surface area contributed by atoms with Crippen LogP contribution in [-0.4, -0.2) is 75.0 Å². The van der Waals surface area contributed by atoms with Crippen molar-refractivity contribution in [2.75, 3.05) is 38.8 Å². The van der Waals surface area contributed by atoms with Crippen molar-refractivity contribution in [2.45, 2.75) is 57.5 Å². The minimum absolute atomic E-state index is 0.0367. The first-order chi connectivity index (χ1) is 13.5. The summed E-state index contributed by atoms with van der Waals surface area (Å²) >= 11 is 0. The summed E-state index contributed by atoms with van der Waals surface area (Å²) in [6.07, 6.45) is 1.92. The molecule has 164 valence electrons. The van der Waals surface area contributed by atoms with Crippen molar-refractivity contribution >= 4 is 9.84 Å². The molecule has 1 saturated heterocycles. The van der Waals surface area contributed by atoms with Gasteiger partial charge in [-0.1, -0.05) is 0 Å². The van der Waals surface area contributed by atoms with Gasteiger partial charge in [0.05, 0.1) is 30.7 Å². The maximum Gasteiger partial charge on any atom is 0.161 e. The highest BCUT2D eigenvalue weighted by molar-refractivity contribution is 7.90. The molecule has 7 nitrogen and oxygen atoms in total. The highest BCUT2D eigenvalue weighted by Gasteiger charge is 2.40. The number of piperidine rings is 1. The van der Waals surface area contributed by atoms with Gasteiger partial charge in [-0.3, -0.25) is 4.90 Å². The van der Waals surface area contributed by atoms with Crippen molar-refractivity contribution in [3.8, 4) is 11.5 Å². The van der Waals surface area contributed by atoms with Crippen LogP contribution < -0.4 is 9.47 Å². The Balaban J connectivity index is 1.79. The van der Waals surface area contributed by atoms with E-state index >= 15 is 0 Å². The lowest BCUT2D eigenvalue weighted by atomic mass is 9.84. The molecule has 3 atom stereocenters. The van der Waals surface area contributed by atoms with Crippen LogP contribution in [0.3, 0.4) is 0 Å². The molecule has 1 fully saturated rings. The van der Waals surface area contributed by atoms with Crippen LogP contribution in [0.4, 0.5) is 0 Å². The molecule has 0 saturated carbocycles. The Bertz CT molecular complexity index is 832. The van der Waals surface area contributed by atoms with Crippen molar-refractivity contribution < 1.29 is 27.7 Å². The third-order valence-electron chi connectivity index (χ3n) is 5.42. The Morgan fingerprint density at radius 1 is 1.24 bits per heavy atom. The van der Waals surface area contributed by atoms with Crippen molar-refractivity contribution in [1.82, 2.24) is 4.90 Å². The molecule has 8 heteroatoms. The number of nitrogens with zero attached hydrogens (tertiary/aromatic N) is 1. The van der Waals surface area contributed by atoms with E-state index in [4.69, 9.17) is 14.2 Å². The topological polar surface area (TPSA) is 85.3 Å². The summed E-state index contributed by atoms with van der Waals surface area (Å²) in [5.74, 6) is 1.11. The number of ether oxygens (including phenoxy) is 3. The lowest BCUT2D eigenvalue weighted by Crippen LogP contribution is -2.53. The summed E-state index contributed by atoms with van der Waals surface area (Å²) in [7, 11) is -1.51. The lowest BCUT2D eigenvalue weighted by Gasteiger charge is -2.46. The van der Waals surface area contributed by atoms with Gasteiger partial charge in [0.1, 0.15) is 6.61 Å². The van der Waals surface area contributed by atoms with Crippen molar-refractivity contribution in [3.63, 3.8) is 0 Å². The number of hydrogen-bond donors (Lipinski definition) is 1. The minimum Gasteiger partial charge on any atom is -0.493 e. The van der Waals surface area contributed by atoms with Gasteiger partial charge in [-0.2, -0.15) is 0 Å². The van der Waals surface area contributed by atoms with Crippen molar-refractivity contribution in [1.29, 1.82) is 0 Å². The number of rotatable bonds is 6. The molecule has 0 unspecified atom stereocenters. The Labute approximate surface area is 173 Å². The van der Waals surface area contributed by atoms with Crippen LogP contribution in [0.15, 0.2) is 12.1 Å². The largest absolute Gasteiger partial charge is 0.493 e. The van der Waals surface area contributed by atoms with Gasteiger partial charge in [-0.15, -0.1) is 0 Å². The number of fused-ring (bicyclic) bond motifs is 3. The van der Waals surface area contributed by atoms with E-state index in [1.54, 1.807) is 7.11 Å². The molecule has 1 N–H and O–H groups in total. The molecule has 3 rings (SSSR count). The van der Waals surface area contributed by atoms with E-state index in [1.165, 1.54) is 6.26 Å². The second kappa shape index (κ2) is 8.41. The number of methoxy groups -OCH3 is 1. The van der Waals surface area contributed by atoms with E-state index < -0.39 is 15.9 Å². The Hall–Kier alpha value is -1.35. The fourth-order valence-corrected chi connectivity index (χ4v) is 4.52. The molecule has 1 aromatic rings. The van der Waals surface area contributed by atoms with E-state index in [1.807, 2.05) is 32.9 Å². The van der Waals surface area contributed by atoms with Crippen LogP contribution in [0.5, 0.6) is 11.5 Å². The first-order valence-corrected chi connectivity index (χ1v) is 12.1. The monoisotopic (exact) mass is 427 g/mol. The van der Waals surface area contributed by atoms with Gasteiger partial charge in [-0.25, -0.2) is 8.42 Å². The predicted octanol–water partition coefficient (Wildman–Crippen LogP) is 1.97. The number of aliphatic hydroxyl groups is 1. The van der Waals surface area contributed by atoms with Gasteiger partial charge in [-0.05, 0) is 56.9 Å². The zero-order chi connectivity index (χ0) is 21.4. The zero-order valence-corrected chi connectivity index (χ0v) is 18.8. The molecule has 2 aliphatic rings. The average Bonchev–Trinajstić information content (AvgIpc) is 2.59. The molecule has 0 aliphatic carbocycles. The second-order valence-electron chi connectivity index (χ2n) is 9.01. The molecule has 0 aromatic heterocycles. The SMILES string of the molecule is COc1cc2c(cc1OCCS(C)(=O)=O)CCN1C[C@@H](OC(C)(C)C)[C@H](O)C[C@H]21. The Morgan fingerprint density at radius 3 is 2.59 bits per heavy atom. The summed E-state index contributed by atoms with van der Waals surface area (Å²) in [5.41, 5.74) is 1.99. The van der Waals surface area contributed by atoms with Gasteiger partial charge in [0.15, 0.2) is 21.3 Å². The van der Waals surface area contributed by atoms with E-state index in [2.05, 4.69) is 4.90 Å². The number of benzene rings is 1. The van der Waals surface area contributed by atoms with Crippen LogP contribution in [0, 0.1) is 0 Å². The maximum atomic E-state index is 11.4. The quantitative estimate of drug-likeness (QED) is 0.743. The second-order valence-corrected chi connectivity index (χ2v) is 11.3. The summed E-state index contributed by atoms with van der Waals surface area (Å²) in [6, 6.07) is 4.03. The highest BCUT2D eigenvalue weighted by atomic mass is 32.2. The van der Waals surface area contributed by atoms with Gasteiger partial charge in [0.25, 0.3) is 0 Å². The van der Waals surface area contributed by atoms with E-state index in [9.17, 15) is 13.5 Å². The third-order valence-corrected chi connectivity index (χ3v) is 6.33. The normalized spacial score (nSPS) is 25.2. The summed E-state index contributed by atoms with van der Waals surface area (Å²) in [4.78, 5) is 2.37. The van der Waals surface area contributed by atoms with Crippen LogP contribution in [0.1, 0.15) is 44.4 Å². The average molecular weight is 428 g/mol. The summed E-state index contributed by atoms with van der Waals surface area (Å²) < 4.78 is 40.0. The van der Waals surface area contributed by atoms with Gasteiger partial charge < -0.3 is 19.3 Å². The molecule has 29 heavy (non-hydrogen) atoms. The fourth-order valence-electron chi connectivity index (χ4n) is 4.13. The van der Waals surface area contributed by atoms with Crippen LogP contribution in [-0.2, 0) is 21.0 Å². The molecule has 1 aromatic carbocycles. The Kier molecular flexibility index (Phi) is 6.48. The van der Waals surface area contributed by atoms with Gasteiger partial charge >= 0.3 is 0 Å². The van der Waals surface area contributed by atoms with Crippen molar-refractivity contribution in [3.05, 3.63) is 23.3 Å². The van der Waals surface area contributed by atoms with Crippen LogP contribution in [0.25, 0.3) is 0 Å². The number of hydrogen-bond acceptors (Lipinski definition) is 7. The molecule has 2 aliphatic heterocycles. The van der Waals surface area contributed by atoms with Gasteiger partial charge in [0.2, 0.25) is 0 Å². The number of aliphatic hydroxyl groups excluding tert-OH is 1. The fraction of sp³-hybridized carbons (Fsp3) is 0.714. The first kappa shape index (κ1) is 22.3. The van der Waals surface area contributed by atoms with Crippen LogP contribution >= 0.6 is 0 Å². The highest BCUT2D eigenvalue weighted by Crippen LogP contribution is 2.42. The minimum atomic E-state index is -3.08. The lowest BCUT2D eigenvalue weighted by molar-refractivity contribution is -0.149. The Morgan fingerprint density at radius 2 is 1.97 bits per heavy atom. The molecule has 0 bridgehead atoms. The zero-order valence-electron chi connectivity index (χ0n) is 18.0. The standard InChI is InChI=1S/C21H33NO6S/c1-21(2,3)28-20-13-22-7-6-14-10-19(27-8-9-29(5,24)25)18(26-4)11-15(14)16(22)12-17(20)23/h10-11,16-17,20,23H,6-9,12-13H2,1-5H3/t16-,17-,20-/m1/s1. The molecule has 0 radical (unpaired) electrons. The smallest absolute Gasteiger partial charge is 0.161 e.